The summed E-state index contributed by atoms with van der Waals surface area (Å²) in [5.74, 6) is -1.58. The van der Waals surface area contributed by atoms with Gasteiger partial charge in [-0.25, -0.2) is 9.59 Å². The van der Waals surface area contributed by atoms with Crippen molar-refractivity contribution in [2.75, 3.05) is 19.8 Å². The van der Waals surface area contributed by atoms with Crippen LogP contribution in [-0.2, 0) is 43.2 Å². The van der Waals surface area contributed by atoms with Gasteiger partial charge in [-0.15, -0.1) is 0 Å². The molecule has 0 aromatic heterocycles. The Balaban J connectivity index is 1.42. The lowest BCUT2D eigenvalue weighted by molar-refractivity contribution is -0.142. The minimum absolute atomic E-state index is 0.0191. The molecule has 46 heavy (non-hydrogen) atoms. The van der Waals surface area contributed by atoms with Gasteiger partial charge in [0.25, 0.3) is 0 Å². The molecule has 4 bridgehead atoms. The number of nitrogens with one attached hydrogen (secondary N) is 2. The van der Waals surface area contributed by atoms with Gasteiger partial charge in [0.15, 0.2) is 0 Å². The van der Waals surface area contributed by atoms with Crippen LogP contribution in [0.25, 0.3) is 0 Å². The number of cyclic esters (lactones) is 1. The Kier molecular flexibility index (Phi) is 10.2. The van der Waals surface area contributed by atoms with Crippen LogP contribution in [0.2, 0.25) is 0 Å². The first kappa shape index (κ1) is 34.0. The van der Waals surface area contributed by atoms with E-state index < -0.39 is 60.7 Å². The molecule has 1 aromatic rings. The summed E-state index contributed by atoms with van der Waals surface area (Å²) >= 11 is 0. The molecular weight excluding hydrogens is 591 g/mol. The molecule has 4 amide bonds. The third-order valence-electron chi connectivity index (χ3n) is 9.59. The number of carbonyl (C=O) groups is 4. The fourth-order valence-corrected chi connectivity index (χ4v) is 6.86. The second-order valence-corrected chi connectivity index (χ2v) is 15.1. The van der Waals surface area contributed by atoms with Crippen LogP contribution in [0, 0.1) is 10.8 Å². The molecule has 0 unspecified atom stereocenters. The molecule has 4 heterocycles. The molecule has 13 heteroatoms. The van der Waals surface area contributed by atoms with Crippen molar-refractivity contribution >= 4 is 31.1 Å². The number of benzene rings is 1. The number of nitrogens with zero attached hydrogens (tertiary/aromatic N) is 2. The first-order valence-corrected chi connectivity index (χ1v) is 16.6. The number of amides is 4. The first-order chi connectivity index (χ1) is 21.7. The second kappa shape index (κ2) is 13.8. The molecule has 12 nitrogen and oxygen atoms in total. The van der Waals surface area contributed by atoms with Gasteiger partial charge < -0.3 is 34.7 Å². The predicted molar refractivity (Wildman–Crippen MR) is 170 cm³/mol. The number of hydrogen-bond donors (Lipinski definition) is 3. The first-order valence-electron chi connectivity index (χ1n) is 16.6. The summed E-state index contributed by atoms with van der Waals surface area (Å²) in [6.45, 7) is 11.1. The highest BCUT2D eigenvalue weighted by molar-refractivity contribution is 6.45. The lowest BCUT2D eigenvalue weighted by atomic mass is 9.74. The van der Waals surface area contributed by atoms with E-state index in [2.05, 4.69) is 30.5 Å². The van der Waals surface area contributed by atoms with E-state index in [4.69, 9.17) is 14.1 Å². The summed E-state index contributed by atoms with van der Waals surface area (Å²) in [5.41, 5.74) is 2.46. The van der Waals surface area contributed by atoms with Crippen LogP contribution in [-0.4, -0.2) is 89.8 Å². The van der Waals surface area contributed by atoms with Crippen molar-refractivity contribution in [1.29, 1.82) is 0 Å². The van der Waals surface area contributed by atoms with E-state index in [0.717, 1.165) is 36.8 Å². The molecule has 2 fully saturated rings. The molecule has 0 radical (unpaired) electrons. The topological polar surface area (TPSA) is 147 Å². The standard InChI is InChI=1S/C33H49BN4O8/c1-32(2,3)27-29(40)38-18-23(16-25(38)28(39)35-26-13-9-15-45-34(26)43)46-31(42)37-17-22-12-8-11-21(24(22)19-37)10-6-7-14-33(4,5)20-44-30(41)36-27/h8,11-12,23,25-27,43H,6-7,9-10,13-20H2,1-5H3,(H,35,39)(H,36,41)/t23-,25+,26-,27-/m1/s1. The molecule has 4 atom stereocenters. The van der Waals surface area contributed by atoms with Gasteiger partial charge >= 0.3 is 19.3 Å². The highest BCUT2D eigenvalue weighted by Crippen LogP contribution is 2.32. The number of hydrogen-bond acceptors (Lipinski definition) is 8. The van der Waals surface area contributed by atoms with E-state index in [9.17, 15) is 24.2 Å². The minimum atomic E-state index is -1.15. The number of fused-ring (bicyclic) bond motifs is 3. The highest BCUT2D eigenvalue weighted by atomic mass is 16.6. The lowest BCUT2D eigenvalue weighted by Gasteiger charge is -2.36. The van der Waals surface area contributed by atoms with E-state index >= 15 is 0 Å². The van der Waals surface area contributed by atoms with Gasteiger partial charge in [-0.05, 0) is 59.6 Å². The normalized spacial score (nSPS) is 27.9. The maximum absolute atomic E-state index is 14.2. The number of ether oxygens (including phenoxy) is 2. The summed E-state index contributed by atoms with van der Waals surface area (Å²) in [5, 5.41) is 15.9. The number of carbonyl (C=O) groups excluding carboxylic acids is 4. The van der Waals surface area contributed by atoms with Gasteiger partial charge in [0, 0.05) is 26.1 Å². The smallest absolute Gasteiger partial charge is 0.449 e. The SMILES string of the molecule is CC1(C)CCCCc2cccc3c2CN(C3)C(=O)O[C@@H]2C[C@@H](C(=O)N[C@@H]3CCCOB3O)N(C2)C(=O)[C@H](C(C)(C)C)NC(=O)OC1. The zero-order chi connectivity index (χ0) is 33.2. The number of aryl methyl sites for hydroxylation is 1. The van der Waals surface area contributed by atoms with Gasteiger partial charge in [0.1, 0.15) is 18.2 Å². The Morgan fingerprint density at radius 3 is 2.61 bits per heavy atom. The van der Waals surface area contributed by atoms with E-state index in [1.54, 1.807) is 4.90 Å². The van der Waals surface area contributed by atoms with Crippen LogP contribution >= 0.6 is 0 Å². The summed E-state index contributed by atoms with van der Waals surface area (Å²) in [6, 6.07) is 4.17. The van der Waals surface area contributed by atoms with E-state index in [-0.39, 0.29) is 25.0 Å². The van der Waals surface area contributed by atoms with Crippen LogP contribution in [0.1, 0.15) is 89.8 Å². The van der Waals surface area contributed by atoms with Crippen LogP contribution in [0.15, 0.2) is 18.2 Å². The van der Waals surface area contributed by atoms with Crippen molar-refractivity contribution in [3.63, 3.8) is 0 Å². The van der Waals surface area contributed by atoms with Crippen molar-refractivity contribution in [2.45, 2.75) is 117 Å². The Morgan fingerprint density at radius 1 is 1.11 bits per heavy atom. The maximum atomic E-state index is 14.2. The third kappa shape index (κ3) is 7.97. The molecular formula is C33H49BN4O8. The van der Waals surface area contributed by atoms with Gasteiger partial charge in [0.2, 0.25) is 11.8 Å². The molecule has 0 spiro atoms. The van der Waals surface area contributed by atoms with E-state index in [1.165, 1.54) is 10.5 Å². The van der Waals surface area contributed by atoms with Crippen molar-refractivity contribution in [3.8, 4) is 0 Å². The van der Waals surface area contributed by atoms with E-state index in [1.807, 2.05) is 32.9 Å². The fourth-order valence-electron chi connectivity index (χ4n) is 6.86. The largest absolute Gasteiger partial charge is 0.478 e. The van der Waals surface area contributed by atoms with Crippen LogP contribution in [0.3, 0.4) is 0 Å². The molecule has 4 aliphatic heterocycles. The van der Waals surface area contributed by atoms with Crippen molar-refractivity contribution in [3.05, 3.63) is 34.9 Å². The fraction of sp³-hybridized carbons (Fsp3) is 0.697. The monoisotopic (exact) mass is 640 g/mol. The Bertz CT molecular complexity index is 1320. The van der Waals surface area contributed by atoms with Crippen molar-refractivity contribution < 1.29 is 38.3 Å². The van der Waals surface area contributed by atoms with Crippen molar-refractivity contribution in [2.24, 2.45) is 10.8 Å². The third-order valence-corrected chi connectivity index (χ3v) is 9.59. The van der Waals surface area contributed by atoms with Crippen LogP contribution in [0.5, 0.6) is 0 Å². The molecule has 0 aliphatic carbocycles. The van der Waals surface area contributed by atoms with Crippen molar-refractivity contribution in [1.82, 2.24) is 20.4 Å². The zero-order valence-corrected chi connectivity index (χ0v) is 27.8. The molecule has 5 rings (SSSR count). The summed E-state index contributed by atoms with van der Waals surface area (Å²) in [6.07, 6.45) is 2.96. The molecule has 4 aliphatic rings. The average Bonchev–Trinajstić information content (AvgIpc) is 3.62. The average molecular weight is 641 g/mol. The van der Waals surface area contributed by atoms with Gasteiger partial charge in [-0.3, -0.25) is 14.5 Å². The quantitative estimate of drug-likeness (QED) is 0.418. The molecule has 2 saturated heterocycles. The number of alkyl carbamates (subject to hydrolysis) is 1. The summed E-state index contributed by atoms with van der Waals surface area (Å²) < 4.78 is 16.9. The van der Waals surface area contributed by atoms with Gasteiger partial charge in [0.05, 0.1) is 19.1 Å². The Hall–Kier alpha value is -3.32. The zero-order valence-electron chi connectivity index (χ0n) is 27.8. The highest BCUT2D eigenvalue weighted by Gasteiger charge is 2.47. The molecule has 3 N–H and O–H groups in total. The van der Waals surface area contributed by atoms with Crippen LogP contribution in [0.4, 0.5) is 9.59 Å². The van der Waals surface area contributed by atoms with Crippen LogP contribution < -0.4 is 10.6 Å². The lowest BCUT2D eigenvalue weighted by Crippen LogP contribution is -2.59. The number of rotatable bonds is 2. The maximum Gasteiger partial charge on any atom is 0.478 e. The van der Waals surface area contributed by atoms with Gasteiger partial charge in [-0.2, -0.15) is 0 Å². The summed E-state index contributed by atoms with van der Waals surface area (Å²) in [4.78, 5) is 57.6. The Labute approximate surface area is 272 Å². The molecule has 252 valence electrons. The molecule has 1 aromatic carbocycles. The minimum Gasteiger partial charge on any atom is -0.449 e. The Morgan fingerprint density at radius 2 is 1.87 bits per heavy atom. The second-order valence-electron chi connectivity index (χ2n) is 15.1. The summed E-state index contributed by atoms with van der Waals surface area (Å²) in [7, 11) is -1.15. The van der Waals surface area contributed by atoms with Gasteiger partial charge in [-0.1, -0.05) is 59.2 Å². The van der Waals surface area contributed by atoms with E-state index in [0.29, 0.717) is 32.5 Å². The molecule has 0 saturated carbocycles. The predicted octanol–water partition coefficient (Wildman–Crippen LogP) is 3.32.